The second kappa shape index (κ2) is 5.77. The molecule has 0 N–H and O–H groups in total. The highest BCUT2D eigenvalue weighted by Gasteiger charge is 2.10. The first-order valence-electron chi connectivity index (χ1n) is 6.80. The molecule has 3 aromatic rings. The Kier molecular flexibility index (Phi) is 3.81. The number of aromatic nitrogens is 2. The van der Waals surface area contributed by atoms with Crippen molar-refractivity contribution in [2.24, 2.45) is 10.2 Å². The number of hydrogen-bond donors (Lipinski definition) is 0. The molecule has 2 aromatic heterocycles. The molecule has 0 aliphatic rings. The van der Waals surface area contributed by atoms with Gasteiger partial charge in [-0.1, -0.05) is 17.7 Å². The average molecular weight is 315 g/mol. The summed E-state index contributed by atoms with van der Waals surface area (Å²) in [6, 6.07) is 11.2. The van der Waals surface area contributed by atoms with Gasteiger partial charge in [-0.25, -0.2) is 4.98 Å². The van der Waals surface area contributed by atoms with Crippen LogP contribution in [0.15, 0.2) is 46.6 Å². The van der Waals surface area contributed by atoms with E-state index >= 15 is 0 Å². The number of ether oxygens (including phenoxy) is 1. The average Bonchev–Trinajstić information content (AvgIpc) is 2.83. The molecule has 0 aliphatic heterocycles. The predicted octanol–water partition coefficient (Wildman–Crippen LogP) is 5.03. The summed E-state index contributed by atoms with van der Waals surface area (Å²) in [5, 5.41) is 9.13. The molecule has 0 fully saturated rings. The van der Waals surface area contributed by atoms with Gasteiger partial charge < -0.3 is 4.74 Å². The third-order valence-electron chi connectivity index (χ3n) is 3.39. The maximum atomic E-state index is 6.15. The zero-order valence-corrected chi connectivity index (χ0v) is 13.3. The van der Waals surface area contributed by atoms with Gasteiger partial charge in [0.2, 0.25) is 0 Å². The molecular formula is C16H15ClN4O. The highest BCUT2D eigenvalue weighted by Crippen LogP contribution is 2.31. The van der Waals surface area contributed by atoms with Crippen molar-refractivity contribution in [2.45, 2.75) is 13.8 Å². The summed E-state index contributed by atoms with van der Waals surface area (Å²) in [5.74, 6) is 1.39. The summed E-state index contributed by atoms with van der Waals surface area (Å²) in [6.07, 6.45) is 0. The van der Waals surface area contributed by atoms with Crippen LogP contribution < -0.4 is 4.74 Å². The number of azo groups is 1. The van der Waals surface area contributed by atoms with Crippen molar-refractivity contribution >= 4 is 28.8 Å². The number of methoxy groups -OCH3 is 1. The van der Waals surface area contributed by atoms with Crippen LogP contribution in [0, 0.1) is 13.8 Å². The summed E-state index contributed by atoms with van der Waals surface area (Å²) < 4.78 is 7.15. The van der Waals surface area contributed by atoms with E-state index in [1.807, 2.05) is 36.4 Å². The third kappa shape index (κ3) is 2.55. The first-order chi connectivity index (χ1) is 10.6. The van der Waals surface area contributed by atoms with Crippen molar-refractivity contribution in [2.75, 3.05) is 7.11 Å². The summed E-state index contributed by atoms with van der Waals surface area (Å²) >= 11 is 6.15. The molecule has 3 rings (SSSR count). The van der Waals surface area contributed by atoms with Crippen LogP contribution >= 0.6 is 11.6 Å². The summed E-state index contributed by atoms with van der Waals surface area (Å²) in [6.45, 7) is 3.92. The zero-order chi connectivity index (χ0) is 15.7. The lowest BCUT2D eigenvalue weighted by Gasteiger charge is -2.03. The van der Waals surface area contributed by atoms with Crippen molar-refractivity contribution in [3.63, 3.8) is 0 Å². The molecule has 5 nitrogen and oxygen atoms in total. The van der Waals surface area contributed by atoms with Crippen molar-refractivity contribution in [3.8, 4) is 5.75 Å². The molecule has 0 spiro atoms. The number of benzene rings is 1. The van der Waals surface area contributed by atoms with E-state index in [-0.39, 0.29) is 0 Å². The quantitative estimate of drug-likeness (QED) is 0.637. The van der Waals surface area contributed by atoms with Gasteiger partial charge in [-0.3, -0.25) is 4.40 Å². The number of rotatable bonds is 3. The molecule has 112 valence electrons. The van der Waals surface area contributed by atoms with E-state index < -0.39 is 0 Å². The Bertz CT molecular complexity index is 870. The second-order valence-corrected chi connectivity index (χ2v) is 5.31. The van der Waals surface area contributed by atoms with Gasteiger partial charge in [0.25, 0.3) is 0 Å². The molecule has 1 aromatic carbocycles. The van der Waals surface area contributed by atoms with Crippen molar-refractivity contribution in [1.82, 2.24) is 9.38 Å². The standard InChI is InChI=1S/C16H15ClN4O/c1-10-5-4-6-15-18-11(2)16(21(10)15)20-19-14-9-12(22-3)7-8-13(14)17/h4-9H,1-3H3. The minimum Gasteiger partial charge on any atom is -0.497 e. The lowest BCUT2D eigenvalue weighted by Crippen LogP contribution is -1.89. The summed E-state index contributed by atoms with van der Waals surface area (Å²) in [4.78, 5) is 4.49. The maximum Gasteiger partial charge on any atom is 0.182 e. The number of aryl methyl sites for hydroxylation is 2. The Morgan fingerprint density at radius 3 is 2.73 bits per heavy atom. The second-order valence-electron chi connectivity index (χ2n) is 4.90. The smallest absolute Gasteiger partial charge is 0.182 e. The molecule has 0 saturated heterocycles. The van der Waals surface area contributed by atoms with Gasteiger partial charge in [0.05, 0.1) is 17.8 Å². The number of halogens is 1. The normalized spacial score (nSPS) is 11.5. The van der Waals surface area contributed by atoms with Gasteiger partial charge in [0.15, 0.2) is 5.82 Å². The number of fused-ring (bicyclic) bond motifs is 1. The first-order valence-corrected chi connectivity index (χ1v) is 7.18. The van der Waals surface area contributed by atoms with E-state index in [4.69, 9.17) is 16.3 Å². The van der Waals surface area contributed by atoms with Gasteiger partial charge in [-0.15, -0.1) is 10.2 Å². The van der Waals surface area contributed by atoms with Crippen LogP contribution in [0.25, 0.3) is 5.65 Å². The van der Waals surface area contributed by atoms with Gasteiger partial charge in [-0.2, -0.15) is 0 Å². The zero-order valence-electron chi connectivity index (χ0n) is 12.5. The topological polar surface area (TPSA) is 51.2 Å². The molecule has 0 unspecified atom stereocenters. The van der Waals surface area contributed by atoms with Crippen LogP contribution in [-0.4, -0.2) is 16.5 Å². The molecular weight excluding hydrogens is 300 g/mol. The number of nitrogens with zero attached hydrogens (tertiary/aromatic N) is 4. The van der Waals surface area contributed by atoms with E-state index in [9.17, 15) is 0 Å². The molecule has 22 heavy (non-hydrogen) atoms. The van der Waals surface area contributed by atoms with Gasteiger partial charge >= 0.3 is 0 Å². The Morgan fingerprint density at radius 1 is 1.14 bits per heavy atom. The molecule has 0 atom stereocenters. The molecule has 0 aliphatic carbocycles. The number of pyridine rings is 1. The maximum absolute atomic E-state index is 6.15. The Labute approximate surface area is 133 Å². The van der Waals surface area contributed by atoms with Crippen molar-refractivity contribution in [3.05, 3.63) is 52.8 Å². The van der Waals surface area contributed by atoms with Crippen LogP contribution in [0.3, 0.4) is 0 Å². The summed E-state index contributed by atoms with van der Waals surface area (Å²) in [7, 11) is 1.60. The fraction of sp³-hybridized carbons (Fsp3) is 0.188. The molecule has 0 radical (unpaired) electrons. The molecule has 0 amide bonds. The lowest BCUT2D eigenvalue weighted by atomic mass is 10.3. The summed E-state index contributed by atoms with van der Waals surface area (Å²) in [5.41, 5.74) is 3.27. The van der Waals surface area contributed by atoms with Crippen LogP contribution in [0.1, 0.15) is 11.4 Å². The Morgan fingerprint density at radius 2 is 1.95 bits per heavy atom. The minimum atomic E-state index is 0.521. The van der Waals surface area contributed by atoms with Gasteiger partial charge in [0, 0.05) is 11.8 Å². The Balaban J connectivity index is 2.08. The van der Waals surface area contributed by atoms with Crippen LogP contribution in [0.2, 0.25) is 5.02 Å². The molecule has 0 bridgehead atoms. The highest BCUT2D eigenvalue weighted by atomic mass is 35.5. The van der Waals surface area contributed by atoms with E-state index in [2.05, 4.69) is 15.2 Å². The van der Waals surface area contributed by atoms with Crippen molar-refractivity contribution in [1.29, 1.82) is 0 Å². The molecule has 2 heterocycles. The molecule has 0 saturated carbocycles. The van der Waals surface area contributed by atoms with E-state index in [1.54, 1.807) is 25.3 Å². The SMILES string of the molecule is COc1ccc(Cl)c(N=Nc2c(C)nc3cccc(C)n23)c1. The van der Waals surface area contributed by atoms with E-state index in [1.165, 1.54) is 0 Å². The number of imidazole rings is 1. The third-order valence-corrected chi connectivity index (χ3v) is 3.71. The highest BCUT2D eigenvalue weighted by molar-refractivity contribution is 6.33. The Hall–Kier alpha value is -2.40. The minimum absolute atomic E-state index is 0.521. The van der Waals surface area contributed by atoms with Crippen LogP contribution in [-0.2, 0) is 0 Å². The molecule has 6 heteroatoms. The lowest BCUT2D eigenvalue weighted by molar-refractivity contribution is 0.415. The fourth-order valence-corrected chi connectivity index (χ4v) is 2.42. The number of hydrogen-bond acceptors (Lipinski definition) is 4. The van der Waals surface area contributed by atoms with E-state index in [0.717, 1.165) is 17.0 Å². The van der Waals surface area contributed by atoms with Gasteiger partial charge in [0.1, 0.15) is 17.1 Å². The van der Waals surface area contributed by atoms with Crippen molar-refractivity contribution < 1.29 is 4.74 Å². The van der Waals surface area contributed by atoms with Crippen LogP contribution in [0.4, 0.5) is 11.5 Å². The fourth-order valence-electron chi connectivity index (χ4n) is 2.26. The first kappa shape index (κ1) is 14.5. The monoisotopic (exact) mass is 314 g/mol. The van der Waals surface area contributed by atoms with Gasteiger partial charge in [-0.05, 0) is 38.1 Å². The van der Waals surface area contributed by atoms with E-state index in [0.29, 0.717) is 22.3 Å². The largest absolute Gasteiger partial charge is 0.497 e. The van der Waals surface area contributed by atoms with Crippen LogP contribution in [0.5, 0.6) is 5.75 Å². The predicted molar refractivity (Wildman–Crippen MR) is 86.8 cm³/mol.